The summed E-state index contributed by atoms with van der Waals surface area (Å²) in [6, 6.07) is 13.4. The second-order valence-corrected chi connectivity index (χ2v) is 6.08. The van der Waals surface area contributed by atoms with Gasteiger partial charge in [0.05, 0.1) is 12.8 Å². The van der Waals surface area contributed by atoms with Crippen LogP contribution in [0, 0.1) is 13.8 Å². The molecule has 122 valence electrons. The third-order valence-electron chi connectivity index (χ3n) is 3.88. The standard InChI is InChI=1S/C19H18N2O2S/c1-12-7-8-17(13(2)9-12)21-18(22)16(20-19(21)24)11-14-5-4-6-15(10-14)23-3/h4-11H,1-3H3,(H,20,24)/b16-11-. The minimum absolute atomic E-state index is 0.158. The summed E-state index contributed by atoms with van der Waals surface area (Å²) in [5.74, 6) is 0.582. The van der Waals surface area contributed by atoms with E-state index < -0.39 is 0 Å². The predicted octanol–water partition coefficient (Wildman–Crippen LogP) is 3.57. The lowest BCUT2D eigenvalue weighted by molar-refractivity contribution is -0.113. The van der Waals surface area contributed by atoms with Gasteiger partial charge < -0.3 is 10.1 Å². The number of hydrogen-bond acceptors (Lipinski definition) is 3. The number of carbonyl (C=O) groups is 1. The highest BCUT2D eigenvalue weighted by Crippen LogP contribution is 2.27. The maximum absolute atomic E-state index is 12.8. The zero-order valence-corrected chi connectivity index (χ0v) is 14.6. The Morgan fingerprint density at radius 2 is 1.96 bits per heavy atom. The number of hydrogen-bond donors (Lipinski definition) is 1. The fourth-order valence-electron chi connectivity index (χ4n) is 2.71. The molecule has 5 heteroatoms. The molecule has 3 rings (SSSR count). The van der Waals surface area contributed by atoms with E-state index in [0.29, 0.717) is 10.8 Å². The maximum atomic E-state index is 12.8. The molecule has 0 atom stereocenters. The van der Waals surface area contributed by atoms with Gasteiger partial charge in [-0.2, -0.15) is 0 Å². The molecule has 2 aromatic carbocycles. The summed E-state index contributed by atoms with van der Waals surface area (Å²) in [4.78, 5) is 14.3. The zero-order chi connectivity index (χ0) is 17.3. The van der Waals surface area contributed by atoms with Gasteiger partial charge in [0.2, 0.25) is 0 Å². The lowest BCUT2D eigenvalue weighted by atomic mass is 10.1. The van der Waals surface area contributed by atoms with Gasteiger partial charge in [-0.25, -0.2) is 0 Å². The van der Waals surface area contributed by atoms with Crippen molar-refractivity contribution in [3.63, 3.8) is 0 Å². The zero-order valence-electron chi connectivity index (χ0n) is 13.8. The van der Waals surface area contributed by atoms with Crippen LogP contribution in [0.4, 0.5) is 5.69 Å². The fourth-order valence-corrected chi connectivity index (χ4v) is 3.00. The molecule has 0 unspecified atom stereocenters. The third-order valence-corrected chi connectivity index (χ3v) is 4.16. The summed E-state index contributed by atoms with van der Waals surface area (Å²) in [7, 11) is 1.61. The molecule has 1 aliphatic rings. The van der Waals surface area contributed by atoms with Crippen LogP contribution >= 0.6 is 12.2 Å². The highest BCUT2D eigenvalue weighted by atomic mass is 32.1. The number of rotatable bonds is 3. The summed E-state index contributed by atoms with van der Waals surface area (Å²) in [6.07, 6.45) is 1.78. The van der Waals surface area contributed by atoms with Crippen molar-refractivity contribution < 1.29 is 9.53 Å². The molecule has 0 spiro atoms. The van der Waals surface area contributed by atoms with E-state index in [1.807, 2.05) is 56.3 Å². The number of ether oxygens (including phenoxy) is 1. The van der Waals surface area contributed by atoms with Gasteiger partial charge in [-0.1, -0.05) is 29.8 Å². The molecule has 4 nitrogen and oxygen atoms in total. The van der Waals surface area contributed by atoms with Crippen LogP contribution in [0.15, 0.2) is 48.2 Å². The van der Waals surface area contributed by atoms with E-state index in [0.717, 1.165) is 28.1 Å². The second-order valence-electron chi connectivity index (χ2n) is 5.70. The molecule has 24 heavy (non-hydrogen) atoms. The Morgan fingerprint density at radius 1 is 1.17 bits per heavy atom. The van der Waals surface area contributed by atoms with Crippen molar-refractivity contribution in [2.45, 2.75) is 13.8 Å². The number of aryl methyl sites for hydroxylation is 2. The van der Waals surface area contributed by atoms with Crippen molar-refractivity contribution in [2.75, 3.05) is 12.0 Å². The second kappa shape index (κ2) is 6.45. The number of carbonyl (C=O) groups excluding carboxylic acids is 1. The van der Waals surface area contributed by atoms with E-state index in [4.69, 9.17) is 17.0 Å². The summed E-state index contributed by atoms with van der Waals surface area (Å²) < 4.78 is 5.21. The molecule has 1 saturated heterocycles. The molecule has 1 fully saturated rings. The van der Waals surface area contributed by atoms with Crippen molar-refractivity contribution in [3.8, 4) is 5.75 Å². The number of anilines is 1. The van der Waals surface area contributed by atoms with Crippen LogP contribution in [0.3, 0.4) is 0 Å². The lowest BCUT2D eigenvalue weighted by Crippen LogP contribution is -2.30. The van der Waals surface area contributed by atoms with Crippen LogP contribution < -0.4 is 15.0 Å². The van der Waals surface area contributed by atoms with Gasteiger partial charge in [-0.05, 0) is 61.5 Å². The first-order valence-corrected chi connectivity index (χ1v) is 7.99. The molecule has 0 radical (unpaired) electrons. The fraction of sp³-hybridized carbons (Fsp3) is 0.158. The van der Waals surface area contributed by atoms with E-state index in [9.17, 15) is 4.79 Å². The predicted molar refractivity (Wildman–Crippen MR) is 100 cm³/mol. The summed E-state index contributed by atoms with van der Waals surface area (Å²) in [5, 5.41) is 3.40. The molecule has 1 heterocycles. The Morgan fingerprint density at radius 3 is 2.67 bits per heavy atom. The molecule has 1 N–H and O–H groups in total. The number of methoxy groups -OCH3 is 1. The first-order valence-electron chi connectivity index (χ1n) is 7.58. The van der Waals surface area contributed by atoms with Crippen molar-refractivity contribution in [1.82, 2.24) is 5.32 Å². The monoisotopic (exact) mass is 338 g/mol. The van der Waals surface area contributed by atoms with Gasteiger partial charge in [0, 0.05) is 0 Å². The lowest BCUT2D eigenvalue weighted by Gasteiger charge is -2.17. The van der Waals surface area contributed by atoms with Gasteiger partial charge >= 0.3 is 0 Å². The van der Waals surface area contributed by atoms with E-state index >= 15 is 0 Å². The average Bonchev–Trinajstić information content (AvgIpc) is 2.82. The largest absolute Gasteiger partial charge is 0.497 e. The SMILES string of the molecule is COc1cccc(/C=C2\NC(=S)N(c3ccc(C)cc3C)C2=O)c1. The normalized spacial score (nSPS) is 15.8. The maximum Gasteiger partial charge on any atom is 0.281 e. The smallest absolute Gasteiger partial charge is 0.281 e. The number of nitrogens with one attached hydrogen (secondary N) is 1. The Kier molecular flexibility index (Phi) is 4.36. The minimum atomic E-state index is -0.158. The van der Waals surface area contributed by atoms with Crippen LogP contribution in [-0.2, 0) is 4.79 Å². The summed E-state index contributed by atoms with van der Waals surface area (Å²) in [5.41, 5.74) is 4.28. The molecule has 2 aromatic rings. The first-order chi connectivity index (χ1) is 11.5. The van der Waals surface area contributed by atoms with Gasteiger partial charge in [-0.15, -0.1) is 0 Å². The van der Waals surface area contributed by atoms with Gasteiger partial charge in [-0.3, -0.25) is 9.69 Å². The number of nitrogens with zero attached hydrogens (tertiary/aromatic N) is 1. The minimum Gasteiger partial charge on any atom is -0.497 e. The summed E-state index contributed by atoms with van der Waals surface area (Å²) >= 11 is 5.36. The van der Waals surface area contributed by atoms with Gasteiger partial charge in [0.1, 0.15) is 11.4 Å². The van der Waals surface area contributed by atoms with Crippen LogP contribution in [-0.4, -0.2) is 18.1 Å². The van der Waals surface area contributed by atoms with E-state index in [1.165, 1.54) is 4.90 Å². The van der Waals surface area contributed by atoms with Crippen molar-refractivity contribution in [2.24, 2.45) is 0 Å². The topological polar surface area (TPSA) is 41.6 Å². The average molecular weight is 338 g/mol. The Labute approximate surface area is 146 Å². The highest BCUT2D eigenvalue weighted by Gasteiger charge is 2.32. The molecular formula is C19H18N2O2S. The molecule has 1 aliphatic heterocycles. The first kappa shape index (κ1) is 16.2. The van der Waals surface area contributed by atoms with Gasteiger partial charge in [0.25, 0.3) is 5.91 Å². The number of amides is 1. The Balaban J connectivity index is 1.95. The van der Waals surface area contributed by atoms with Crippen LogP contribution in [0.1, 0.15) is 16.7 Å². The van der Waals surface area contributed by atoms with E-state index in [-0.39, 0.29) is 5.91 Å². The quantitative estimate of drug-likeness (QED) is 0.686. The van der Waals surface area contributed by atoms with E-state index in [2.05, 4.69) is 5.32 Å². The van der Waals surface area contributed by atoms with Crippen LogP contribution in [0.2, 0.25) is 0 Å². The highest BCUT2D eigenvalue weighted by molar-refractivity contribution is 7.80. The summed E-state index contributed by atoms with van der Waals surface area (Å²) in [6.45, 7) is 4.00. The third kappa shape index (κ3) is 3.03. The molecule has 0 aromatic heterocycles. The Bertz CT molecular complexity index is 858. The molecule has 0 saturated carbocycles. The van der Waals surface area contributed by atoms with Gasteiger partial charge in [0.15, 0.2) is 5.11 Å². The number of thiocarbonyl (C=S) groups is 1. The van der Waals surface area contributed by atoms with E-state index in [1.54, 1.807) is 13.2 Å². The molecule has 1 amide bonds. The van der Waals surface area contributed by atoms with Crippen molar-refractivity contribution >= 4 is 35.0 Å². The van der Waals surface area contributed by atoms with Crippen LogP contribution in [0.5, 0.6) is 5.75 Å². The molecular weight excluding hydrogens is 320 g/mol. The van der Waals surface area contributed by atoms with Crippen molar-refractivity contribution in [3.05, 3.63) is 64.9 Å². The molecule has 0 aliphatic carbocycles. The molecule has 0 bridgehead atoms. The van der Waals surface area contributed by atoms with Crippen LogP contribution in [0.25, 0.3) is 6.08 Å². The number of benzene rings is 2. The Hall–Kier alpha value is -2.66. The van der Waals surface area contributed by atoms with Crippen molar-refractivity contribution in [1.29, 1.82) is 0 Å².